The second-order valence-corrected chi connectivity index (χ2v) is 7.96. The van der Waals surface area contributed by atoms with Crippen LogP contribution < -0.4 is 5.43 Å². The predicted molar refractivity (Wildman–Crippen MR) is 128 cm³/mol. The molecule has 34 heavy (non-hydrogen) atoms. The van der Waals surface area contributed by atoms with Crippen molar-refractivity contribution in [3.8, 4) is 16.9 Å². The molecule has 0 aliphatic heterocycles. The summed E-state index contributed by atoms with van der Waals surface area (Å²) in [7, 11) is 0. The van der Waals surface area contributed by atoms with Crippen molar-refractivity contribution in [2.75, 3.05) is 0 Å². The van der Waals surface area contributed by atoms with E-state index in [4.69, 9.17) is 0 Å². The Hall–Kier alpha value is -4.58. The molecule has 3 N–H and O–H groups in total. The Kier molecular flexibility index (Phi) is 6.06. The number of rotatable bonds is 6. The highest BCUT2D eigenvalue weighted by Gasteiger charge is 2.21. The van der Waals surface area contributed by atoms with Gasteiger partial charge in [0.2, 0.25) is 5.75 Å². The number of benzene rings is 3. The van der Waals surface area contributed by atoms with E-state index in [9.17, 15) is 30.1 Å². The van der Waals surface area contributed by atoms with Crippen molar-refractivity contribution in [3.05, 3.63) is 96.6 Å². The summed E-state index contributed by atoms with van der Waals surface area (Å²) in [5.41, 5.74) is 3.42. The first kappa shape index (κ1) is 22.6. The Morgan fingerprint density at radius 3 is 2.47 bits per heavy atom. The molecule has 0 atom stereocenters. The van der Waals surface area contributed by atoms with Crippen LogP contribution in [0.5, 0.6) is 5.75 Å². The number of aromatic hydroxyl groups is 1. The van der Waals surface area contributed by atoms with Gasteiger partial charge >= 0.3 is 5.69 Å². The van der Waals surface area contributed by atoms with Crippen LogP contribution in [-0.4, -0.2) is 32.1 Å². The number of amides is 1. The van der Waals surface area contributed by atoms with Crippen molar-refractivity contribution < 1.29 is 19.7 Å². The monoisotopic (exact) mass is 523 g/mol. The summed E-state index contributed by atoms with van der Waals surface area (Å²) in [6, 6.07) is 15.6. The van der Waals surface area contributed by atoms with Crippen LogP contribution in [0.25, 0.3) is 22.0 Å². The van der Waals surface area contributed by atoms with Crippen molar-refractivity contribution in [2.45, 2.75) is 0 Å². The SMILES string of the molecule is O=C(NN=Cc1cc(Br)cc([N+](=O)[O-])c1O)c1[nH]c2ccc([N+](=O)[O-])cc2c1-c1ccccc1. The molecule has 0 saturated heterocycles. The number of hydrogen-bond donors (Lipinski definition) is 3. The molecule has 4 aromatic rings. The molecule has 11 nitrogen and oxygen atoms in total. The summed E-state index contributed by atoms with van der Waals surface area (Å²) in [5, 5.41) is 36.7. The highest BCUT2D eigenvalue weighted by atomic mass is 79.9. The van der Waals surface area contributed by atoms with Crippen LogP contribution in [0.15, 0.2) is 70.2 Å². The van der Waals surface area contributed by atoms with E-state index >= 15 is 0 Å². The molecule has 1 aromatic heterocycles. The number of aromatic nitrogens is 1. The maximum Gasteiger partial charge on any atom is 0.312 e. The smallest absolute Gasteiger partial charge is 0.312 e. The first-order chi connectivity index (χ1) is 16.3. The van der Waals surface area contributed by atoms with Gasteiger partial charge in [0.05, 0.1) is 16.1 Å². The number of nitrogens with zero attached hydrogens (tertiary/aromatic N) is 3. The maximum absolute atomic E-state index is 13.0. The number of H-pyrrole nitrogens is 1. The summed E-state index contributed by atoms with van der Waals surface area (Å²) in [5.74, 6) is -1.26. The lowest BCUT2D eigenvalue weighted by Crippen LogP contribution is -2.18. The lowest BCUT2D eigenvalue weighted by atomic mass is 10.0. The minimum atomic E-state index is -0.744. The first-order valence-corrected chi connectivity index (χ1v) is 10.4. The number of nitrogens with one attached hydrogen (secondary N) is 2. The third-order valence-corrected chi connectivity index (χ3v) is 5.39. The fraction of sp³-hybridized carbons (Fsp3) is 0. The van der Waals surface area contributed by atoms with Gasteiger partial charge in [-0.15, -0.1) is 0 Å². The van der Waals surface area contributed by atoms with Crippen LogP contribution >= 0.6 is 15.9 Å². The van der Waals surface area contributed by atoms with E-state index in [-0.39, 0.29) is 16.9 Å². The van der Waals surface area contributed by atoms with E-state index < -0.39 is 27.2 Å². The lowest BCUT2D eigenvalue weighted by molar-refractivity contribution is -0.386. The second-order valence-electron chi connectivity index (χ2n) is 7.05. The molecule has 0 unspecified atom stereocenters. The number of phenols is 1. The quantitative estimate of drug-likeness (QED) is 0.185. The third kappa shape index (κ3) is 4.34. The van der Waals surface area contributed by atoms with Crippen LogP contribution in [0.1, 0.15) is 16.1 Å². The van der Waals surface area contributed by atoms with Gasteiger partial charge in [-0.05, 0) is 17.7 Å². The molecule has 1 heterocycles. The minimum absolute atomic E-state index is 0.0110. The van der Waals surface area contributed by atoms with E-state index in [1.54, 1.807) is 30.3 Å². The van der Waals surface area contributed by atoms with E-state index in [0.29, 0.717) is 26.5 Å². The van der Waals surface area contributed by atoms with Gasteiger partial charge in [0.15, 0.2) is 0 Å². The molecule has 0 spiro atoms. The number of carbonyl (C=O) groups excluding carboxylic acids is 1. The minimum Gasteiger partial charge on any atom is -0.502 e. The molecule has 0 aliphatic rings. The molecule has 12 heteroatoms. The normalized spacial score (nSPS) is 11.1. The highest BCUT2D eigenvalue weighted by molar-refractivity contribution is 9.10. The van der Waals surface area contributed by atoms with Crippen molar-refractivity contribution in [3.63, 3.8) is 0 Å². The van der Waals surface area contributed by atoms with Crippen LogP contribution in [0.4, 0.5) is 11.4 Å². The van der Waals surface area contributed by atoms with Crippen LogP contribution in [-0.2, 0) is 0 Å². The Bertz CT molecular complexity index is 1480. The number of carbonyl (C=O) groups is 1. The van der Waals surface area contributed by atoms with Crippen molar-refractivity contribution in [2.24, 2.45) is 5.10 Å². The number of fused-ring (bicyclic) bond motifs is 1. The Morgan fingerprint density at radius 1 is 1.06 bits per heavy atom. The van der Waals surface area contributed by atoms with Crippen molar-refractivity contribution in [1.82, 2.24) is 10.4 Å². The molecule has 0 fully saturated rings. The van der Waals surface area contributed by atoms with Crippen LogP contribution in [0, 0.1) is 20.2 Å². The molecule has 170 valence electrons. The summed E-state index contributed by atoms with van der Waals surface area (Å²) in [4.78, 5) is 37.0. The zero-order chi connectivity index (χ0) is 24.4. The van der Waals surface area contributed by atoms with E-state index in [1.165, 1.54) is 24.3 Å². The molecule has 0 radical (unpaired) electrons. The third-order valence-electron chi connectivity index (χ3n) is 4.93. The summed E-state index contributed by atoms with van der Waals surface area (Å²) < 4.78 is 0.341. The van der Waals surface area contributed by atoms with E-state index in [1.807, 2.05) is 0 Å². The van der Waals surface area contributed by atoms with Gasteiger partial charge in [0.1, 0.15) is 5.69 Å². The van der Waals surface area contributed by atoms with Gasteiger partial charge in [-0.2, -0.15) is 5.10 Å². The highest BCUT2D eigenvalue weighted by Crippen LogP contribution is 2.35. The Morgan fingerprint density at radius 2 is 1.79 bits per heavy atom. The van der Waals surface area contributed by atoms with Gasteiger partial charge in [0, 0.05) is 44.7 Å². The van der Waals surface area contributed by atoms with E-state index in [0.717, 1.165) is 12.3 Å². The number of nitro benzene ring substituents is 2. The number of non-ortho nitro benzene ring substituents is 1. The zero-order valence-electron chi connectivity index (χ0n) is 17.1. The molecule has 1 amide bonds. The zero-order valence-corrected chi connectivity index (χ0v) is 18.6. The largest absolute Gasteiger partial charge is 0.502 e. The molecule has 0 bridgehead atoms. The summed E-state index contributed by atoms with van der Waals surface area (Å²) in [6.07, 6.45) is 1.07. The standard InChI is InChI=1S/C22H14BrN5O6/c23-14-8-13(21(29)18(9-14)28(33)34)11-24-26-22(30)20-19(12-4-2-1-3-5-12)16-10-15(27(31)32)6-7-17(16)25-20/h1-11,25,29H,(H,26,30). The topological polar surface area (TPSA) is 164 Å². The number of aromatic amines is 1. The fourth-order valence-corrected chi connectivity index (χ4v) is 3.89. The number of hydrogen-bond acceptors (Lipinski definition) is 7. The first-order valence-electron chi connectivity index (χ1n) is 9.62. The Balaban J connectivity index is 1.72. The molecule has 0 aliphatic carbocycles. The molecule has 3 aromatic carbocycles. The van der Waals surface area contributed by atoms with Crippen LogP contribution in [0.2, 0.25) is 0 Å². The molecule has 0 saturated carbocycles. The van der Waals surface area contributed by atoms with E-state index in [2.05, 4.69) is 31.4 Å². The van der Waals surface area contributed by atoms with Gasteiger partial charge in [-0.25, -0.2) is 5.43 Å². The van der Waals surface area contributed by atoms with Crippen molar-refractivity contribution in [1.29, 1.82) is 0 Å². The Labute approximate surface area is 199 Å². The number of halogens is 1. The maximum atomic E-state index is 13.0. The summed E-state index contributed by atoms with van der Waals surface area (Å²) >= 11 is 3.13. The van der Waals surface area contributed by atoms with Crippen LogP contribution in [0.3, 0.4) is 0 Å². The van der Waals surface area contributed by atoms with Gasteiger partial charge in [-0.1, -0.05) is 46.3 Å². The molecule has 4 rings (SSSR count). The number of nitro groups is 2. The van der Waals surface area contributed by atoms with Gasteiger partial charge in [-0.3, -0.25) is 25.0 Å². The average molecular weight is 524 g/mol. The predicted octanol–water partition coefficient (Wildman–Crippen LogP) is 4.88. The molecular weight excluding hydrogens is 510 g/mol. The fourth-order valence-electron chi connectivity index (χ4n) is 3.43. The van der Waals surface area contributed by atoms with Crippen molar-refractivity contribution >= 4 is 50.3 Å². The lowest BCUT2D eigenvalue weighted by Gasteiger charge is -2.05. The van der Waals surface area contributed by atoms with Gasteiger partial charge in [0.25, 0.3) is 11.6 Å². The summed E-state index contributed by atoms with van der Waals surface area (Å²) in [6.45, 7) is 0. The number of phenolic OH excluding ortho intramolecular Hbond substituents is 1. The van der Waals surface area contributed by atoms with Gasteiger partial charge < -0.3 is 10.1 Å². The average Bonchev–Trinajstić information content (AvgIpc) is 3.20. The second kappa shape index (κ2) is 9.11. The molecular formula is C22H14BrN5O6. The number of hydrazone groups is 1.